The van der Waals surface area contributed by atoms with Gasteiger partial charge in [-0.25, -0.2) is 0 Å². The second kappa shape index (κ2) is 6.05. The first-order valence-electron chi connectivity index (χ1n) is 3.68. The van der Waals surface area contributed by atoms with Crippen LogP contribution in [0.4, 0.5) is 0 Å². The summed E-state index contributed by atoms with van der Waals surface area (Å²) < 4.78 is 0. The normalized spacial score (nSPS) is 13.7. The number of nitrogens with one attached hydrogen (secondary N) is 1. The van der Waals surface area contributed by atoms with Gasteiger partial charge in [0.05, 0.1) is 13.1 Å². The van der Waals surface area contributed by atoms with Crippen LogP contribution < -0.4 is 10.6 Å². The van der Waals surface area contributed by atoms with Crippen LogP contribution in [0, 0.1) is 7.05 Å². The third-order valence-electron chi connectivity index (χ3n) is 1.38. The van der Waals surface area contributed by atoms with Crippen molar-refractivity contribution in [3.05, 3.63) is 7.05 Å². The first-order chi connectivity index (χ1) is 4.31. The zero-order chi connectivity index (χ0) is 7.11. The van der Waals surface area contributed by atoms with Crippen molar-refractivity contribution in [2.75, 3.05) is 19.6 Å². The van der Waals surface area contributed by atoms with Crippen LogP contribution in [-0.2, 0) is 0 Å². The molecular weight excluding hydrogens is 112 g/mol. The smallest absolute Gasteiger partial charge is 0.0655 e. The molecule has 0 aliphatic rings. The van der Waals surface area contributed by atoms with Crippen molar-refractivity contribution in [1.82, 2.24) is 0 Å². The van der Waals surface area contributed by atoms with Crippen molar-refractivity contribution in [3.8, 4) is 0 Å². The van der Waals surface area contributed by atoms with Crippen molar-refractivity contribution in [1.29, 1.82) is 0 Å². The molecular formula is C7H18N2. The fraction of sp³-hybridized carbons (Fsp3) is 0.857. The molecule has 0 aromatic carbocycles. The van der Waals surface area contributed by atoms with Gasteiger partial charge in [0.15, 0.2) is 0 Å². The van der Waals surface area contributed by atoms with Gasteiger partial charge in [0.1, 0.15) is 0 Å². The fourth-order valence-electron chi connectivity index (χ4n) is 0.756. The third-order valence-corrected chi connectivity index (χ3v) is 1.38. The molecule has 2 nitrogen and oxygen atoms in total. The summed E-state index contributed by atoms with van der Waals surface area (Å²) in [6.07, 6.45) is 2.52. The number of rotatable bonds is 5. The van der Waals surface area contributed by atoms with E-state index in [0.717, 1.165) is 19.6 Å². The van der Waals surface area contributed by atoms with E-state index in [4.69, 9.17) is 5.73 Å². The lowest BCUT2D eigenvalue weighted by Gasteiger charge is -2.18. The lowest BCUT2D eigenvalue weighted by Crippen LogP contribution is -3.07. The number of hydrogen-bond acceptors (Lipinski definition) is 1. The van der Waals surface area contributed by atoms with Crippen molar-refractivity contribution < 1.29 is 4.90 Å². The van der Waals surface area contributed by atoms with Gasteiger partial charge in [0, 0.05) is 6.54 Å². The molecule has 0 spiro atoms. The number of quaternary nitrogens is 1. The highest BCUT2D eigenvalue weighted by Gasteiger charge is 1.90. The Hall–Kier alpha value is -0.0800. The zero-order valence-corrected chi connectivity index (χ0v) is 6.32. The monoisotopic (exact) mass is 130 g/mol. The van der Waals surface area contributed by atoms with Crippen LogP contribution in [0.1, 0.15) is 19.8 Å². The Morgan fingerprint density at radius 2 is 2.11 bits per heavy atom. The Kier molecular flexibility index (Phi) is 5.99. The molecule has 1 unspecified atom stereocenters. The first kappa shape index (κ1) is 8.92. The molecule has 0 rings (SSSR count). The molecule has 0 aromatic rings. The maximum atomic E-state index is 5.34. The van der Waals surface area contributed by atoms with E-state index in [1.165, 1.54) is 17.7 Å². The summed E-state index contributed by atoms with van der Waals surface area (Å²) in [6.45, 7) is 5.10. The van der Waals surface area contributed by atoms with E-state index in [1.807, 2.05) is 0 Å². The lowest BCUT2D eigenvalue weighted by molar-refractivity contribution is -0.852. The molecule has 2 heteroatoms. The minimum Gasteiger partial charge on any atom is -0.467 e. The predicted molar refractivity (Wildman–Crippen MR) is 40.0 cm³/mol. The van der Waals surface area contributed by atoms with Crippen molar-refractivity contribution in [3.63, 3.8) is 0 Å². The van der Waals surface area contributed by atoms with E-state index >= 15 is 0 Å². The summed E-state index contributed by atoms with van der Waals surface area (Å²) in [5.41, 5.74) is 5.34. The zero-order valence-electron chi connectivity index (χ0n) is 6.32. The summed E-state index contributed by atoms with van der Waals surface area (Å²) in [5.74, 6) is 0. The maximum absolute atomic E-state index is 5.34. The Morgan fingerprint density at radius 3 is 2.56 bits per heavy atom. The summed E-state index contributed by atoms with van der Waals surface area (Å²) in [4.78, 5) is 1.30. The van der Waals surface area contributed by atoms with E-state index < -0.39 is 0 Å². The molecule has 0 heterocycles. The molecule has 0 saturated heterocycles. The van der Waals surface area contributed by atoms with Crippen LogP contribution in [0.15, 0.2) is 0 Å². The van der Waals surface area contributed by atoms with Gasteiger partial charge in [-0.2, -0.15) is 7.05 Å². The van der Waals surface area contributed by atoms with Crippen molar-refractivity contribution >= 4 is 0 Å². The summed E-state index contributed by atoms with van der Waals surface area (Å²) in [7, 11) is 3.90. The number of nitrogens with two attached hydrogens (primary N) is 1. The van der Waals surface area contributed by atoms with Crippen LogP contribution in [0.25, 0.3) is 0 Å². The molecule has 0 aromatic heterocycles. The standard InChI is InChI=1S/C7H18N2/c1-3-4-6-9(2)7-5-8/h9H,2-8H2,1H3. The van der Waals surface area contributed by atoms with Gasteiger partial charge >= 0.3 is 0 Å². The molecule has 0 fully saturated rings. The van der Waals surface area contributed by atoms with Crippen molar-refractivity contribution in [2.24, 2.45) is 5.73 Å². The van der Waals surface area contributed by atoms with Crippen molar-refractivity contribution in [2.45, 2.75) is 19.8 Å². The van der Waals surface area contributed by atoms with Gasteiger partial charge in [-0.3, -0.25) is 0 Å². The fourth-order valence-corrected chi connectivity index (χ4v) is 0.756. The van der Waals surface area contributed by atoms with Gasteiger partial charge < -0.3 is 10.6 Å². The van der Waals surface area contributed by atoms with E-state index in [1.54, 1.807) is 0 Å². The van der Waals surface area contributed by atoms with Crippen LogP contribution in [-0.4, -0.2) is 19.6 Å². The van der Waals surface area contributed by atoms with Crippen LogP contribution >= 0.6 is 0 Å². The summed E-state index contributed by atoms with van der Waals surface area (Å²) in [5, 5.41) is 0. The quantitative estimate of drug-likeness (QED) is 0.479. The minimum atomic E-state index is 0.753. The predicted octanol–water partition coefficient (Wildman–Crippen LogP) is -0.578. The molecule has 9 heavy (non-hydrogen) atoms. The molecule has 0 aliphatic heterocycles. The second-order valence-corrected chi connectivity index (χ2v) is 2.39. The highest BCUT2D eigenvalue weighted by Crippen LogP contribution is 1.78. The topological polar surface area (TPSA) is 30.5 Å². The van der Waals surface area contributed by atoms with Crippen LogP contribution in [0.3, 0.4) is 0 Å². The minimum absolute atomic E-state index is 0.753. The molecule has 3 N–H and O–H groups in total. The van der Waals surface area contributed by atoms with Gasteiger partial charge in [0.2, 0.25) is 0 Å². The van der Waals surface area contributed by atoms with Gasteiger partial charge in [-0.05, 0) is 6.42 Å². The molecule has 0 amide bonds. The van der Waals surface area contributed by atoms with E-state index in [0.29, 0.717) is 0 Å². The summed E-state index contributed by atoms with van der Waals surface area (Å²) >= 11 is 0. The molecule has 56 valence electrons. The van der Waals surface area contributed by atoms with Gasteiger partial charge in [-0.1, -0.05) is 13.3 Å². The van der Waals surface area contributed by atoms with E-state index in [-0.39, 0.29) is 0 Å². The van der Waals surface area contributed by atoms with E-state index in [2.05, 4.69) is 14.0 Å². The molecule has 1 atom stereocenters. The largest absolute Gasteiger partial charge is 0.467 e. The van der Waals surface area contributed by atoms with Crippen LogP contribution in [0.2, 0.25) is 0 Å². The summed E-state index contributed by atoms with van der Waals surface area (Å²) in [6, 6.07) is 0. The average Bonchev–Trinajstić information content (AvgIpc) is 1.85. The molecule has 0 aliphatic carbocycles. The maximum Gasteiger partial charge on any atom is 0.0655 e. The van der Waals surface area contributed by atoms with Gasteiger partial charge in [0.25, 0.3) is 0 Å². The first-order valence-corrected chi connectivity index (χ1v) is 3.68. The third kappa shape index (κ3) is 5.80. The highest BCUT2D eigenvalue weighted by atomic mass is 15.1. The molecule has 0 radical (unpaired) electrons. The SMILES string of the molecule is [CH2-][NH+](CCN)CCCC. The Labute approximate surface area is 58.0 Å². The molecule has 0 bridgehead atoms. The Morgan fingerprint density at radius 1 is 1.44 bits per heavy atom. The Bertz CT molecular complexity index is 54.9. The van der Waals surface area contributed by atoms with Gasteiger partial charge in [-0.15, -0.1) is 0 Å². The number of unbranched alkanes of at least 4 members (excludes halogenated alkanes) is 1. The lowest BCUT2D eigenvalue weighted by atomic mass is 10.3. The number of hydrogen-bond donors (Lipinski definition) is 2. The molecule has 0 saturated carbocycles. The van der Waals surface area contributed by atoms with Crippen LogP contribution in [0.5, 0.6) is 0 Å². The highest BCUT2D eigenvalue weighted by molar-refractivity contribution is 4.32. The average molecular weight is 130 g/mol. The second-order valence-electron chi connectivity index (χ2n) is 2.39. The van der Waals surface area contributed by atoms with E-state index in [9.17, 15) is 0 Å². The Balaban J connectivity index is 2.95.